The number of ketones is 1. The minimum Gasteiger partial charge on any atom is -0.300 e. The number of hydrogen-bond acceptors (Lipinski definition) is 1. The molecule has 3 heteroatoms. The van der Waals surface area contributed by atoms with E-state index in [0.29, 0.717) is 0 Å². The molecule has 0 saturated heterocycles. The van der Waals surface area contributed by atoms with E-state index in [0.717, 1.165) is 5.56 Å². The average molecular weight is 229 g/mol. The zero-order valence-corrected chi connectivity index (χ0v) is 9.81. The number of hydrogen-bond donors (Lipinski definition) is 0. The summed E-state index contributed by atoms with van der Waals surface area (Å²) in [7, 11) is 0. The molecule has 0 radical (unpaired) electrons. The predicted molar refractivity (Wildman–Crippen MR) is 59.7 cm³/mol. The van der Waals surface area contributed by atoms with Gasteiger partial charge < -0.3 is 0 Å². The summed E-state index contributed by atoms with van der Waals surface area (Å²) in [6.07, 6.45) is 0. The fourth-order valence-corrected chi connectivity index (χ4v) is 1.63. The van der Waals surface area contributed by atoms with Gasteiger partial charge in [0.05, 0.1) is 5.02 Å². The van der Waals surface area contributed by atoms with Gasteiger partial charge in [0.1, 0.15) is 11.6 Å². The van der Waals surface area contributed by atoms with Gasteiger partial charge in [-0.05, 0) is 30.5 Å². The second-order valence-electron chi connectivity index (χ2n) is 3.86. The smallest absolute Gasteiger partial charge is 0.141 e. The molecule has 1 aromatic carbocycles. The Hall–Kier alpha value is -0.890. The van der Waals surface area contributed by atoms with Crippen LogP contribution in [0.2, 0.25) is 5.02 Å². The maximum absolute atomic E-state index is 12.9. The van der Waals surface area contributed by atoms with Gasteiger partial charge in [-0.15, -0.1) is 0 Å². The molecule has 15 heavy (non-hydrogen) atoms. The van der Waals surface area contributed by atoms with Crippen LogP contribution in [0.5, 0.6) is 0 Å². The Bertz CT molecular complexity index is 376. The lowest BCUT2D eigenvalue weighted by Gasteiger charge is -2.17. The fourth-order valence-electron chi connectivity index (χ4n) is 1.44. The highest BCUT2D eigenvalue weighted by atomic mass is 35.5. The van der Waals surface area contributed by atoms with Gasteiger partial charge in [0.15, 0.2) is 0 Å². The van der Waals surface area contributed by atoms with Crippen LogP contribution in [0.3, 0.4) is 0 Å². The lowest BCUT2D eigenvalue weighted by molar-refractivity contribution is -0.120. The van der Waals surface area contributed by atoms with Crippen LogP contribution in [-0.2, 0) is 4.79 Å². The van der Waals surface area contributed by atoms with Gasteiger partial charge in [0.25, 0.3) is 0 Å². The zero-order valence-electron chi connectivity index (χ0n) is 9.05. The Labute approximate surface area is 94.3 Å². The quantitative estimate of drug-likeness (QED) is 0.769. The molecule has 0 fully saturated rings. The second kappa shape index (κ2) is 4.75. The maximum Gasteiger partial charge on any atom is 0.141 e. The summed E-state index contributed by atoms with van der Waals surface area (Å²) < 4.78 is 12.9. The van der Waals surface area contributed by atoms with Crippen LogP contribution >= 0.6 is 11.6 Å². The number of rotatable bonds is 3. The van der Waals surface area contributed by atoms with Crippen molar-refractivity contribution in [1.29, 1.82) is 0 Å². The summed E-state index contributed by atoms with van der Waals surface area (Å²) in [6, 6.07) is 4.59. The molecule has 0 aliphatic rings. The molecular weight excluding hydrogens is 215 g/mol. The lowest BCUT2D eigenvalue weighted by Crippen LogP contribution is -2.14. The molecule has 0 aliphatic carbocycles. The van der Waals surface area contributed by atoms with E-state index in [9.17, 15) is 9.18 Å². The van der Waals surface area contributed by atoms with Crippen molar-refractivity contribution >= 4 is 17.4 Å². The minimum atomic E-state index is -0.428. The first-order chi connectivity index (χ1) is 6.93. The largest absolute Gasteiger partial charge is 0.300 e. The van der Waals surface area contributed by atoms with Gasteiger partial charge in [-0.1, -0.05) is 31.5 Å². The summed E-state index contributed by atoms with van der Waals surface area (Å²) in [4.78, 5) is 11.2. The third-order valence-electron chi connectivity index (χ3n) is 2.86. The summed E-state index contributed by atoms with van der Waals surface area (Å²) in [5, 5.41) is 0.107. The Kier molecular flexibility index (Phi) is 3.86. The normalized spacial score (nSPS) is 14.7. The molecule has 0 heterocycles. The van der Waals surface area contributed by atoms with Crippen LogP contribution in [-0.4, -0.2) is 5.78 Å². The van der Waals surface area contributed by atoms with E-state index in [-0.39, 0.29) is 22.6 Å². The number of carbonyl (C=O) groups is 1. The molecule has 0 saturated carbocycles. The number of Topliss-reactive ketones (excluding diaryl/α,β-unsaturated/α-hetero) is 1. The van der Waals surface area contributed by atoms with Gasteiger partial charge in [0.2, 0.25) is 0 Å². The molecule has 0 spiro atoms. The van der Waals surface area contributed by atoms with E-state index in [1.54, 1.807) is 19.1 Å². The molecule has 0 aliphatic heterocycles. The third kappa shape index (κ3) is 2.78. The molecule has 1 aromatic rings. The van der Waals surface area contributed by atoms with E-state index >= 15 is 0 Å². The molecule has 1 rings (SSSR count). The molecule has 1 nitrogen and oxygen atoms in total. The van der Waals surface area contributed by atoms with E-state index in [2.05, 4.69) is 0 Å². The van der Waals surface area contributed by atoms with E-state index in [4.69, 9.17) is 11.6 Å². The summed E-state index contributed by atoms with van der Waals surface area (Å²) in [5.41, 5.74) is 0.893. The molecular formula is C12H14ClFO. The standard InChI is InChI=1S/C12H14ClFO/c1-7(9(3)15)8(2)10-4-5-12(14)11(13)6-10/h4-8H,1-3H3. The van der Waals surface area contributed by atoms with Crippen LogP contribution < -0.4 is 0 Å². The highest BCUT2D eigenvalue weighted by Crippen LogP contribution is 2.27. The Morgan fingerprint density at radius 3 is 2.47 bits per heavy atom. The van der Waals surface area contributed by atoms with E-state index in [1.807, 2.05) is 13.8 Å². The zero-order chi connectivity index (χ0) is 11.6. The van der Waals surface area contributed by atoms with Gasteiger partial charge in [-0.2, -0.15) is 0 Å². The van der Waals surface area contributed by atoms with Crippen molar-refractivity contribution in [1.82, 2.24) is 0 Å². The number of halogens is 2. The molecule has 2 atom stereocenters. The molecule has 82 valence electrons. The lowest BCUT2D eigenvalue weighted by atomic mass is 9.86. The van der Waals surface area contributed by atoms with Crippen LogP contribution in [0.1, 0.15) is 32.3 Å². The highest BCUT2D eigenvalue weighted by molar-refractivity contribution is 6.30. The SMILES string of the molecule is CC(=O)C(C)C(C)c1ccc(F)c(Cl)c1. The van der Waals surface area contributed by atoms with Gasteiger partial charge in [0, 0.05) is 5.92 Å². The van der Waals surface area contributed by atoms with Crippen molar-refractivity contribution in [2.75, 3.05) is 0 Å². The first-order valence-electron chi connectivity index (χ1n) is 4.89. The van der Waals surface area contributed by atoms with E-state index < -0.39 is 5.82 Å². The third-order valence-corrected chi connectivity index (χ3v) is 3.15. The Morgan fingerprint density at radius 2 is 2.00 bits per heavy atom. The first-order valence-corrected chi connectivity index (χ1v) is 5.26. The molecule has 0 aromatic heterocycles. The van der Waals surface area contributed by atoms with Crippen molar-refractivity contribution in [3.63, 3.8) is 0 Å². The van der Waals surface area contributed by atoms with Crippen molar-refractivity contribution in [2.24, 2.45) is 5.92 Å². The summed E-state index contributed by atoms with van der Waals surface area (Å²) >= 11 is 5.68. The predicted octanol–water partition coefficient (Wildman–Crippen LogP) is 3.81. The van der Waals surface area contributed by atoms with Crippen LogP contribution in [0.25, 0.3) is 0 Å². The van der Waals surface area contributed by atoms with Crippen molar-refractivity contribution in [3.8, 4) is 0 Å². The highest BCUT2D eigenvalue weighted by Gasteiger charge is 2.18. The minimum absolute atomic E-state index is 0.0561. The molecule has 0 amide bonds. The first kappa shape index (κ1) is 12.2. The van der Waals surface area contributed by atoms with Gasteiger partial charge >= 0.3 is 0 Å². The van der Waals surface area contributed by atoms with Crippen LogP contribution in [0.15, 0.2) is 18.2 Å². The second-order valence-corrected chi connectivity index (χ2v) is 4.27. The van der Waals surface area contributed by atoms with Gasteiger partial charge in [-0.3, -0.25) is 4.79 Å². The van der Waals surface area contributed by atoms with Crippen molar-refractivity contribution in [2.45, 2.75) is 26.7 Å². The van der Waals surface area contributed by atoms with Crippen LogP contribution in [0, 0.1) is 11.7 Å². The molecule has 2 unspecified atom stereocenters. The molecule has 0 bridgehead atoms. The monoisotopic (exact) mass is 228 g/mol. The Balaban J connectivity index is 2.96. The topological polar surface area (TPSA) is 17.1 Å². The molecule has 0 N–H and O–H groups in total. The Morgan fingerprint density at radius 1 is 1.40 bits per heavy atom. The fraction of sp³-hybridized carbons (Fsp3) is 0.417. The maximum atomic E-state index is 12.9. The van der Waals surface area contributed by atoms with Crippen molar-refractivity contribution < 1.29 is 9.18 Å². The summed E-state index contributed by atoms with van der Waals surface area (Å²) in [6.45, 7) is 5.37. The summed E-state index contributed by atoms with van der Waals surface area (Å²) in [5.74, 6) is -0.321. The van der Waals surface area contributed by atoms with Gasteiger partial charge in [-0.25, -0.2) is 4.39 Å². The average Bonchev–Trinajstić information content (AvgIpc) is 2.19. The number of benzene rings is 1. The van der Waals surface area contributed by atoms with Crippen molar-refractivity contribution in [3.05, 3.63) is 34.6 Å². The number of carbonyl (C=O) groups excluding carboxylic acids is 1. The van der Waals surface area contributed by atoms with Crippen LogP contribution in [0.4, 0.5) is 4.39 Å². The van der Waals surface area contributed by atoms with E-state index in [1.165, 1.54) is 6.07 Å².